The van der Waals surface area contributed by atoms with Gasteiger partial charge < -0.3 is 4.90 Å². The Bertz CT molecular complexity index is 2480. The van der Waals surface area contributed by atoms with E-state index in [9.17, 15) is 0 Å². The van der Waals surface area contributed by atoms with Crippen LogP contribution in [0.2, 0.25) is 0 Å². The SMILES string of the molecule is CC1(C)c2cc(-c3nc4ccccc4cc3-c3ccccc3)ccc2-c2cccc(N(c3ccccc3)c3ccc4ccccc4c3)c21. The molecule has 0 spiro atoms. The van der Waals surface area contributed by atoms with Gasteiger partial charge in [0.1, 0.15) is 0 Å². The van der Waals surface area contributed by atoms with Gasteiger partial charge in [-0.3, -0.25) is 0 Å². The third-order valence-corrected chi connectivity index (χ3v) is 9.98. The molecule has 228 valence electrons. The van der Waals surface area contributed by atoms with Crippen LogP contribution in [0.5, 0.6) is 0 Å². The summed E-state index contributed by atoms with van der Waals surface area (Å²) in [4.78, 5) is 7.71. The molecule has 0 bridgehead atoms. The van der Waals surface area contributed by atoms with Crippen LogP contribution in [0, 0.1) is 0 Å². The topological polar surface area (TPSA) is 16.1 Å². The van der Waals surface area contributed by atoms with Gasteiger partial charge in [0, 0.05) is 33.3 Å². The van der Waals surface area contributed by atoms with Crippen LogP contribution in [0.3, 0.4) is 0 Å². The number of anilines is 3. The zero-order valence-electron chi connectivity index (χ0n) is 27.1. The molecule has 0 saturated heterocycles. The fourth-order valence-electron chi connectivity index (χ4n) is 7.68. The second-order valence-electron chi connectivity index (χ2n) is 13.2. The Labute approximate surface area is 281 Å². The lowest BCUT2D eigenvalue weighted by atomic mass is 9.80. The summed E-state index contributed by atoms with van der Waals surface area (Å²) >= 11 is 0. The summed E-state index contributed by atoms with van der Waals surface area (Å²) in [5, 5.41) is 3.62. The molecule has 0 aliphatic heterocycles. The third kappa shape index (κ3) is 4.52. The fraction of sp³-hybridized carbons (Fsp3) is 0.0652. The average Bonchev–Trinajstić information content (AvgIpc) is 3.38. The highest BCUT2D eigenvalue weighted by Crippen LogP contribution is 2.55. The number of hydrogen-bond donors (Lipinski definition) is 0. The minimum absolute atomic E-state index is 0.259. The first-order valence-electron chi connectivity index (χ1n) is 16.6. The number of aromatic nitrogens is 1. The molecule has 0 unspecified atom stereocenters. The summed E-state index contributed by atoms with van der Waals surface area (Å²) in [6.45, 7) is 4.75. The van der Waals surface area contributed by atoms with Crippen molar-refractivity contribution in [2.75, 3.05) is 4.90 Å². The lowest BCUT2D eigenvalue weighted by molar-refractivity contribution is 0.661. The van der Waals surface area contributed by atoms with Crippen molar-refractivity contribution in [3.8, 4) is 33.5 Å². The molecule has 1 aromatic heterocycles. The predicted octanol–water partition coefficient (Wildman–Crippen LogP) is 12.5. The van der Waals surface area contributed by atoms with Crippen molar-refractivity contribution in [2.24, 2.45) is 0 Å². The number of fused-ring (bicyclic) bond motifs is 5. The van der Waals surface area contributed by atoms with Crippen molar-refractivity contribution < 1.29 is 0 Å². The zero-order chi connectivity index (χ0) is 32.2. The molecule has 0 atom stereocenters. The highest BCUT2D eigenvalue weighted by molar-refractivity contribution is 5.96. The average molecular weight is 615 g/mol. The molecule has 1 heterocycles. The minimum Gasteiger partial charge on any atom is -0.310 e. The van der Waals surface area contributed by atoms with Crippen molar-refractivity contribution in [3.63, 3.8) is 0 Å². The van der Waals surface area contributed by atoms with Gasteiger partial charge in [0.05, 0.1) is 16.9 Å². The standard InChI is InChI=1S/C46H34N2/c1-46(2)41-30-35(45-40(32-15-5-3-6-16-32)29-34-18-11-12-22-42(34)47-45)25-27-38(41)39-21-13-23-43(44(39)46)48(36-19-7-4-8-20-36)37-26-24-31-14-9-10-17-33(31)28-37/h3-30H,1-2H3. The van der Waals surface area contributed by atoms with Gasteiger partial charge >= 0.3 is 0 Å². The number of rotatable bonds is 5. The smallest absolute Gasteiger partial charge is 0.0788 e. The van der Waals surface area contributed by atoms with Crippen molar-refractivity contribution in [3.05, 3.63) is 181 Å². The highest BCUT2D eigenvalue weighted by Gasteiger charge is 2.39. The van der Waals surface area contributed by atoms with E-state index in [0.29, 0.717) is 0 Å². The molecule has 7 aromatic carbocycles. The van der Waals surface area contributed by atoms with Gasteiger partial charge in [-0.1, -0.05) is 135 Å². The summed E-state index contributed by atoms with van der Waals surface area (Å²) in [7, 11) is 0. The lowest BCUT2D eigenvalue weighted by Gasteiger charge is -2.32. The van der Waals surface area contributed by atoms with E-state index in [1.807, 2.05) is 0 Å². The summed E-state index contributed by atoms with van der Waals surface area (Å²) in [6, 6.07) is 61.2. The molecule has 8 aromatic rings. The van der Waals surface area contributed by atoms with Crippen LogP contribution in [0.25, 0.3) is 55.2 Å². The molecule has 0 amide bonds. The van der Waals surface area contributed by atoms with Gasteiger partial charge in [0.2, 0.25) is 0 Å². The van der Waals surface area contributed by atoms with E-state index in [1.165, 1.54) is 44.3 Å². The minimum atomic E-state index is -0.259. The third-order valence-electron chi connectivity index (χ3n) is 9.98. The maximum Gasteiger partial charge on any atom is 0.0788 e. The van der Waals surface area contributed by atoms with E-state index in [4.69, 9.17) is 4.98 Å². The van der Waals surface area contributed by atoms with E-state index < -0.39 is 0 Å². The van der Waals surface area contributed by atoms with E-state index in [-0.39, 0.29) is 5.41 Å². The molecule has 1 aliphatic rings. The van der Waals surface area contributed by atoms with Gasteiger partial charge in [-0.15, -0.1) is 0 Å². The molecule has 9 rings (SSSR count). The first-order valence-corrected chi connectivity index (χ1v) is 16.6. The second kappa shape index (κ2) is 11.1. The van der Waals surface area contributed by atoms with Crippen LogP contribution < -0.4 is 4.90 Å². The number of nitrogens with zero attached hydrogens (tertiary/aromatic N) is 2. The molecule has 2 nitrogen and oxygen atoms in total. The molecule has 0 fully saturated rings. The Morgan fingerprint density at radius 2 is 1.17 bits per heavy atom. The van der Waals surface area contributed by atoms with Crippen molar-refractivity contribution in [1.82, 2.24) is 4.98 Å². The molecule has 0 radical (unpaired) electrons. The van der Waals surface area contributed by atoms with Crippen LogP contribution in [0.15, 0.2) is 170 Å². The summed E-state index contributed by atoms with van der Waals surface area (Å²) in [5.41, 5.74) is 13.9. The van der Waals surface area contributed by atoms with Crippen LogP contribution in [-0.4, -0.2) is 4.98 Å². The Morgan fingerprint density at radius 1 is 0.458 bits per heavy atom. The van der Waals surface area contributed by atoms with Crippen LogP contribution in [0.4, 0.5) is 17.1 Å². The molecule has 2 heteroatoms. The molecule has 0 saturated carbocycles. The first kappa shape index (κ1) is 28.3. The Balaban J connectivity index is 1.23. The van der Waals surface area contributed by atoms with Gasteiger partial charge in [-0.2, -0.15) is 0 Å². The first-order chi connectivity index (χ1) is 23.6. The zero-order valence-corrected chi connectivity index (χ0v) is 27.1. The molecular formula is C46H34N2. The molecule has 48 heavy (non-hydrogen) atoms. The summed E-state index contributed by atoms with van der Waals surface area (Å²) in [6.07, 6.45) is 0. The second-order valence-corrected chi connectivity index (χ2v) is 13.2. The predicted molar refractivity (Wildman–Crippen MR) is 202 cm³/mol. The maximum atomic E-state index is 5.29. The van der Waals surface area contributed by atoms with Crippen LogP contribution in [-0.2, 0) is 5.41 Å². The van der Waals surface area contributed by atoms with Crippen molar-refractivity contribution >= 4 is 38.7 Å². The molecular weight excluding hydrogens is 581 g/mol. The largest absolute Gasteiger partial charge is 0.310 e. The molecule has 1 aliphatic carbocycles. The highest BCUT2D eigenvalue weighted by atomic mass is 15.1. The summed E-state index contributed by atoms with van der Waals surface area (Å²) in [5.74, 6) is 0. The number of benzene rings is 7. The monoisotopic (exact) mass is 614 g/mol. The van der Waals surface area contributed by atoms with E-state index >= 15 is 0 Å². The van der Waals surface area contributed by atoms with Gasteiger partial charge in [-0.05, 0) is 87.1 Å². The Hall–Kier alpha value is -5.99. The van der Waals surface area contributed by atoms with E-state index in [2.05, 4.69) is 189 Å². The van der Waals surface area contributed by atoms with E-state index in [0.717, 1.165) is 39.1 Å². The van der Waals surface area contributed by atoms with Gasteiger partial charge in [-0.25, -0.2) is 4.98 Å². The molecule has 0 N–H and O–H groups in total. The quantitative estimate of drug-likeness (QED) is 0.192. The number of pyridine rings is 1. The lowest BCUT2D eigenvalue weighted by Crippen LogP contribution is -2.20. The number of hydrogen-bond acceptors (Lipinski definition) is 2. The Morgan fingerprint density at radius 3 is 1.98 bits per heavy atom. The van der Waals surface area contributed by atoms with Gasteiger partial charge in [0.15, 0.2) is 0 Å². The summed E-state index contributed by atoms with van der Waals surface area (Å²) < 4.78 is 0. The van der Waals surface area contributed by atoms with Crippen molar-refractivity contribution in [1.29, 1.82) is 0 Å². The Kier molecular flexibility index (Phi) is 6.51. The van der Waals surface area contributed by atoms with Crippen LogP contribution in [0.1, 0.15) is 25.0 Å². The van der Waals surface area contributed by atoms with Crippen molar-refractivity contribution in [2.45, 2.75) is 19.3 Å². The van der Waals surface area contributed by atoms with E-state index in [1.54, 1.807) is 0 Å². The fourth-order valence-corrected chi connectivity index (χ4v) is 7.68. The maximum absolute atomic E-state index is 5.29. The normalized spacial score (nSPS) is 13.0. The van der Waals surface area contributed by atoms with Crippen LogP contribution >= 0.6 is 0 Å². The number of para-hydroxylation sites is 2. The van der Waals surface area contributed by atoms with Gasteiger partial charge in [0.25, 0.3) is 0 Å².